The maximum Gasteiger partial charge on any atom is 0.107 e. The summed E-state index contributed by atoms with van der Waals surface area (Å²) < 4.78 is 0. The van der Waals surface area contributed by atoms with Crippen molar-refractivity contribution in [3.8, 4) is 0 Å². The van der Waals surface area contributed by atoms with Crippen molar-refractivity contribution < 1.29 is 5.11 Å². The zero-order valence-corrected chi connectivity index (χ0v) is 11.9. The first kappa shape index (κ1) is 13.9. The standard InChI is InChI=1S/C13H23N3OS/c1-2-16-6-3-4-12(16)10-15(7-8-17)11-13-14-5-9-18-13/h5,9,12,17H,2-4,6-8,10-11H2,1H3/t12-/m0/s1. The minimum Gasteiger partial charge on any atom is -0.395 e. The lowest BCUT2D eigenvalue weighted by atomic mass is 10.2. The summed E-state index contributed by atoms with van der Waals surface area (Å²) in [5.41, 5.74) is 0. The summed E-state index contributed by atoms with van der Waals surface area (Å²) >= 11 is 1.69. The zero-order chi connectivity index (χ0) is 12.8. The third kappa shape index (κ3) is 3.75. The van der Waals surface area contributed by atoms with Crippen LogP contribution in [0.25, 0.3) is 0 Å². The van der Waals surface area contributed by atoms with E-state index in [4.69, 9.17) is 0 Å². The van der Waals surface area contributed by atoms with Crippen molar-refractivity contribution in [2.24, 2.45) is 0 Å². The highest BCUT2D eigenvalue weighted by Gasteiger charge is 2.25. The summed E-state index contributed by atoms with van der Waals surface area (Å²) in [4.78, 5) is 9.21. The first-order chi connectivity index (χ1) is 8.83. The van der Waals surface area contributed by atoms with Gasteiger partial charge in [-0.15, -0.1) is 11.3 Å². The molecule has 102 valence electrons. The average Bonchev–Trinajstić information content (AvgIpc) is 3.00. The third-order valence-electron chi connectivity index (χ3n) is 3.63. The molecule has 0 bridgehead atoms. The molecule has 0 radical (unpaired) electrons. The van der Waals surface area contributed by atoms with Gasteiger partial charge in [-0.2, -0.15) is 0 Å². The van der Waals surface area contributed by atoms with Gasteiger partial charge < -0.3 is 5.11 Å². The van der Waals surface area contributed by atoms with Crippen LogP contribution in [0.3, 0.4) is 0 Å². The predicted molar refractivity (Wildman–Crippen MR) is 74.7 cm³/mol. The average molecular weight is 269 g/mol. The Bertz CT molecular complexity index is 331. The molecule has 1 atom stereocenters. The molecule has 0 aliphatic carbocycles. The molecule has 18 heavy (non-hydrogen) atoms. The Morgan fingerprint density at radius 2 is 2.50 bits per heavy atom. The van der Waals surface area contributed by atoms with Gasteiger partial charge in [0.1, 0.15) is 5.01 Å². The largest absolute Gasteiger partial charge is 0.395 e. The van der Waals surface area contributed by atoms with Gasteiger partial charge in [0.05, 0.1) is 13.2 Å². The lowest BCUT2D eigenvalue weighted by Gasteiger charge is -2.29. The van der Waals surface area contributed by atoms with E-state index in [1.165, 1.54) is 19.4 Å². The summed E-state index contributed by atoms with van der Waals surface area (Å²) in [7, 11) is 0. The Balaban J connectivity index is 1.89. The van der Waals surface area contributed by atoms with E-state index < -0.39 is 0 Å². The molecule has 0 unspecified atom stereocenters. The van der Waals surface area contributed by atoms with Crippen LogP contribution in [0.15, 0.2) is 11.6 Å². The summed E-state index contributed by atoms with van der Waals surface area (Å²) in [5, 5.41) is 12.3. The molecule has 1 aromatic rings. The lowest BCUT2D eigenvalue weighted by molar-refractivity contribution is 0.143. The van der Waals surface area contributed by atoms with Crippen LogP contribution >= 0.6 is 11.3 Å². The van der Waals surface area contributed by atoms with Gasteiger partial charge in [0.15, 0.2) is 0 Å². The van der Waals surface area contributed by atoms with Crippen LogP contribution in [0.2, 0.25) is 0 Å². The van der Waals surface area contributed by atoms with E-state index in [0.717, 1.165) is 31.2 Å². The van der Waals surface area contributed by atoms with E-state index >= 15 is 0 Å². The van der Waals surface area contributed by atoms with E-state index in [9.17, 15) is 5.11 Å². The van der Waals surface area contributed by atoms with Gasteiger partial charge in [0, 0.05) is 30.7 Å². The smallest absolute Gasteiger partial charge is 0.107 e. The second kappa shape index (κ2) is 7.19. The first-order valence-corrected chi connectivity index (χ1v) is 7.67. The highest BCUT2D eigenvalue weighted by molar-refractivity contribution is 7.09. The fourth-order valence-corrected chi connectivity index (χ4v) is 3.37. The minimum absolute atomic E-state index is 0.226. The molecule has 4 nitrogen and oxygen atoms in total. The normalized spacial score (nSPS) is 20.9. The van der Waals surface area contributed by atoms with Crippen molar-refractivity contribution in [1.82, 2.24) is 14.8 Å². The molecule has 2 heterocycles. The van der Waals surface area contributed by atoms with Crippen molar-refractivity contribution in [3.05, 3.63) is 16.6 Å². The Labute approximate surface area is 113 Å². The fourth-order valence-electron chi connectivity index (χ4n) is 2.71. The second-order valence-corrected chi connectivity index (χ2v) is 5.79. The summed E-state index contributed by atoms with van der Waals surface area (Å²) in [5.74, 6) is 0. The van der Waals surface area contributed by atoms with Crippen LogP contribution in [-0.4, -0.2) is 58.7 Å². The number of likely N-dealkylation sites (tertiary alicyclic amines) is 1. The van der Waals surface area contributed by atoms with E-state index in [1.54, 1.807) is 11.3 Å². The summed E-state index contributed by atoms with van der Waals surface area (Å²) in [6.45, 7) is 7.48. The SMILES string of the molecule is CCN1CCC[C@H]1CN(CCO)Cc1nccs1. The Morgan fingerprint density at radius 1 is 1.61 bits per heavy atom. The number of hydrogen-bond acceptors (Lipinski definition) is 5. The highest BCUT2D eigenvalue weighted by atomic mass is 32.1. The Kier molecular flexibility index (Phi) is 5.56. The van der Waals surface area contributed by atoms with Gasteiger partial charge in [-0.3, -0.25) is 9.80 Å². The van der Waals surface area contributed by atoms with Crippen LogP contribution in [0, 0.1) is 0 Å². The second-order valence-electron chi connectivity index (χ2n) is 4.81. The van der Waals surface area contributed by atoms with Crippen LogP contribution in [0.4, 0.5) is 0 Å². The molecular weight excluding hydrogens is 246 g/mol. The van der Waals surface area contributed by atoms with Gasteiger partial charge in [-0.1, -0.05) is 6.92 Å². The molecule has 1 aromatic heterocycles. The molecule has 1 fully saturated rings. The van der Waals surface area contributed by atoms with Crippen molar-refractivity contribution in [2.75, 3.05) is 32.8 Å². The Morgan fingerprint density at radius 3 is 3.17 bits per heavy atom. The number of rotatable bonds is 7. The molecule has 5 heteroatoms. The van der Waals surface area contributed by atoms with Crippen molar-refractivity contribution in [2.45, 2.75) is 32.4 Å². The minimum atomic E-state index is 0.226. The fraction of sp³-hybridized carbons (Fsp3) is 0.769. The predicted octanol–water partition coefficient (Wildman–Crippen LogP) is 1.42. The molecule has 1 saturated heterocycles. The van der Waals surface area contributed by atoms with Crippen LogP contribution in [0.5, 0.6) is 0 Å². The van der Waals surface area contributed by atoms with E-state index in [-0.39, 0.29) is 6.61 Å². The molecule has 0 amide bonds. The van der Waals surface area contributed by atoms with E-state index in [2.05, 4.69) is 21.7 Å². The number of nitrogens with zero attached hydrogens (tertiary/aromatic N) is 3. The van der Waals surface area contributed by atoms with Crippen LogP contribution in [0.1, 0.15) is 24.8 Å². The van der Waals surface area contributed by atoms with E-state index in [1.807, 2.05) is 11.6 Å². The van der Waals surface area contributed by atoms with Crippen molar-refractivity contribution in [1.29, 1.82) is 0 Å². The van der Waals surface area contributed by atoms with Gasteiger partial charge in [-0.05, 0) is 25.9 Å². The number of aliphatic hydroxyl groups is 1. The number of likely N-dealkylation sites (N-methyl/N-ethyl adjacent to an activating group) is 1. The molecular formula is C13H23N3OS. The highest BCUT2D eigenvalue weighted by Crippen LogP contribution is 2.18. The number of aromatic nitrogens is 1. The maximum absolute atomic E-state index is 9.19. The molecule has 0 spiro atoms. The maximum atomic E-state index is 9.19. The molecule has 1 aliphatic rings. The van der Waals surface area contributed by atoms with Crippen molar-refractivity contribution >= 4 is 11.3 Å². The zero-order valence-electron chi connectivity index (χ0n) is 11.1. The molecule has 2 rings (SSSR count). The molecule has 1 N–H and O–H groups in total. The molecule has 1 aliphatic heterocycles. The van der Waals surface area contributed by atoms with Crippen LogP contribution < -0.4 is 0 Å². The first-order valence-electron chi connectivity index (χ1n) is 6.79. The van der Waals surface area contributed by atoms with Gasteiger partial charge >= 0.3 is 0 Å². The van der Waals surface area contributed by atoms with Crippen LogP contribution in [-0.2, 0) is 6.54 Å². The van der Waals surface area contributed by atoms with Gasteiger partial charge in [0.2, 0.25) is 0 Å². The monoisotopic (exact) mass is 269 g/mol. The molecule has 0 aromatic carbocycles. The van der Waals surface area contributed by atoms with Crippen molar-refractivity contribution in [3.63, 3.8) is 0 Å². The number of aliphatic hydroxyl groups excluding tert-OH is 1. The van der Waals surface area contributed by atoms with Gasteiger partial charge in [-0.25, -0.2) is 4.98 Å². The summed E-state index contributed by atoms with van der Waals surface area (Å²) in [6, 6.07) is 0.654. The number of hydrogen-bond donors (Lipinski definition) is 1. The third-order valence-corrected chi connectivity index (χ3v) is 4.40. The number of thiazole rings is 1. The molecule has 0 saturated carbocycles. The topological polar surface area (TPSA) is 39.6 Å². The quantitative estimate of drug-likeness (QED) is 0.813. The Hall–Kier alpha value is -0.490. The van der Waals surface area contributed by atoms with Gasteiger partial charge in [0.25, 0.3) is 0 Å². The lowest BCUT2D eigenvalue weighted by Crippen LogP contribution is -2.41. The van der Waals surface area contributed by atoms with E-state index in [0.29, 0.717) is 6.04 Å². The summed E-state index contributed by atoms with van der Waals surface area (Å²) in [6.07, 6.45) is 4.45.